The summed E-state index contributed by atoms with van der Waals surface area (Å²) >= 11 is 0. The van der Waals surface area contributed by atoms with Crippen molar-refractivity contribution in [3.05, 3.63) is 11.9 Å². The van der Waals surface area contributed by atoms with E-state index in [4.69, 9.17) is 5.11 Å². The summed E-state index contributed by atoms with van der Waals surface area (Å²) < 4.78 is 1.47. The average molecular weight is 282 g/mol. The molecule has 1 saturated heterocycles. The number of aromatic carboxylic acids is 1. The summed E-state index contributed by atoms with van der Waals surface area (Å²) in [6.07, 6.45) is 1.36. The van der Waals surface area contributed by atoms with Crippen molar-refractivity contribution >= 4 is 17.9 Å². The van der Waals surface area contributed by atoms with Gasteiger partial charge in [-0.1, -0.05) is 5.21 Å². The van der Waals surface area contributed by atoms with E-state index < -0.39 is 17.9 Å². The third-order valence-electron chi connectivity index (χ3n) is 2.89. The van der Waals surface area contributed by atoms with Gasteiger partial charge < -0.3 is 10.4 Å². The van der Waals surface area contributed by atoms with Gasteiger partial charge >= 0.3 is 12.0 Å². The summed E-state index contributed by atoms with van der Waals surface area (Å²) in [4.78, 5) is 34.8. The first kappa shape index (κ1) is 13.9. The Labute approximate surface area is 113 Å². The van der Waals surface area contributed by atoms with Crippen LogP contribution in [0.15, 0.2) is 6.20 Å². The zero-order valence-corrected chi connectivity index (χ0v) is 10.7. The second-order valence-corrected chi connectivity index (χ2v) is 4.36. The molecule has 108 valence electrons. The lowest BCUT2D eigenvalue weighted by molar-refractivity contribution is -0.122. The van der Waals surface area contributed by atoms with Crippen molar-refractivity contribution in [2.24, 2.45) is 0 Å². The zero-order chi connectivity index (χ0) is 14.7. The number of hydrogen-bond donors (Lipinski definition) is 3. The number of likely N-dealkylation sites (tertiary alicyclic amines) is 1. The van der Waals surface area contributed by atoms with Crippen LogP contribution in [0.25, 0.3) is 0 Å². The van der Waals surface area contributed by atoms with E-state index in [0.29, 0.717) is 13.1 Å². The number of urea groups is 1. The Balaban J connectivity index is 1.78. The standard InChI is InChI=1S/C10H14N6O4/c1-11-10(20)12-8(17)5-15-2-6(3-15)16-4-7(9(18)19)13-14-16/h4,6H,2-3,5H2,1H3,(H,18,19)(H2,11,12,17,20). The average Bonchev–Trinajstić information content (AvgIpc) is 2.82. The van der Waals surface area contributed by atoms with E-state index in [0.717, 1.165) is 0 Å². The topological polar surface area (TPSA) is 129 Å². The van der Waals surface area contributed by atoms with Gasteiger partial charge in [-0.15, -0.1) is 5.10 Å². The van der Waals surface area contributed by atoms with Crippen LogP contribution in [0.1, 0.15) is 16.5 Å². The van der Waals surface area contributed by atoms with Crippen molar-refractivity contribution in [2.75, 3.05) is 26.7 Å². The third kappa shape index (κ3) is 3.09. The first-order valence-electron chi connectivity index (χ1n) is 5.88. The largest absolute Gasteiger partial charge is 0.476 e. The fourth-order valence-corrected chi connectivity index (χ4v) is 1.82. The van der Waals surface area contributed by atoms with E-state index in [9.17, 15) is 14.4 Å². The molecule has 0 saturated carbocycles. The lowest BCUT2D eigenvalue weighted by atomic mass is 10.1. The van der Waals surface area contributed by atoms with Crippen molar-refractivity contribution < 1.29 is 19.5 Å². The van der Waals surface area contributed by atoms with Crippen LogP contribution in [0.3, 0.4) is 0 Å². The number of imide groups is 1. The molecule has 10 heteroatoms. The summed E-state index contributed by atoms with van der Waals surface area (Å²) in [5, 5.41) is 20.4. The van der Waals surface area contributed by atoms with Gasteiger partial charge in [0.05, 0.1) is 18.8 Å². The van der Waals surface area contributed by atoms with Gasteiger partial charge in [-0.25, -0.2) is 14.3 Å². The van der Waals surface area contributed by atoms with E-state index in [1.54, 1.807) is 0 Å². The molecule has 1 aliphatic heterocycles. The normalized spacial score (nSPS) is 15.4. The molecule has 0 radical (unpaired) electrons. The highest BCUT2D eigenvalue weighted by molar-refractivity contribution is 5.95. The number of carbonyl (C=O) groups excluding carboxylic acids is 2. The van der Waals surface area contributed by atoms with Crippen LogP contribution in [0, 0.1) is 0 Å². The fraction of sp³-hybridized carbons (Fsp3) is 0.500. The second-order valence-electron chi connectivity index (χ2n) is 4.36. The van der Waals surface area contributed by atoms with Gasteiger partial charge in [0.2, 0.25) is 5.91 Å². The predicted molar refractivity (Wildman–Crippen MR) is 65.1 cm³/mol. The van der Waals surface area contributed by atoms with Crippen LogP contribution in [-0.2, 0) is 4.79 Å². The molecule has 0 atom stereocenters. The minimum Gasteiger partial charge on any atom is -0.476 e. The maximum atomic E-state index is 11.4. The van der Waals surface area contributed by atoms with Crippen LogP contribution in [0.2, 0.25) is 0 Å². The Morgan fingerprint density at radius 2 is 2.15 bits per heavy atom. The first-order chi connectivity index (χ1) is 9.49. The van der Waals surface area contributed by atoms with Gasteiger partial charge in [-0.05, 0) is 0 Å². The third-order valence-corrected chi connectivity index (χ3v) is 2.89. The predicted octanol–water partition coefficient (Wildman–Crippen LogP) is -1.71. The lowest BCUT2D eigenvalue weighted by Gasteiger charge is -2.38. The van der Waals surface area contributed by atoms with Crippen molar-refractivity contribution in [2.45, 2.75) is 6.04 Å². The molecule has 2 heterocycles. The maximum Gasteiger partial charge on any atom is 0.358 e. The van der Waals surface area contributed by atoms with Crippen LogP contribution in [-0.4, -0.2) is 69.6 Å². The molecule has 1 fully saturated rings. The minimum absolute atomic E-state index is 0.0107. The van der Waals surface area contributed by atoms with E-state index >= 15 is 0 Å². The number of hydrogen-bond acceptors (Lipinski definition) is 6. The molecule has 1 aliphatic rings. The number of carboxylic acid groups (broad SMARTS) is 1. The number of nitrogens with zero attached hydrogens (tertiary/aromatic N) is 4. The lowest BCUT2D eigenvalue weighted by Crippen LogP contribution is -2.52. The van der Waals surface area contributed by atoms with Gasteiger partial charge in [0.1, 0.15) is 0 Å². The highest BCUT2D eigenvalue weighted by Crippen LogP contribution is 2.19. The summed E-state index contributed by atoms with van der Waals surface area (Å²) in [5.74, 6) is -1.52. The second kappa shape index (κ2) is 5.65. The minimum atomic E-state index is -1.13. The van der Waals surface area contributed by atoms with Crippen molar-refractivity contribution in [3.63, 3.8) is 0 Å². The van der Waals surface area contributed by atoms with Crippen LogP contribution >= 0.6 is 0 Å². The van der Waals surface area contributed by atoms with Gasteiger partial charge in [0, 0.05) is 20.1 Å². The molecular weight excluding hydrogens is 268 g/mol. The molecule has 1 aromatic heterocycles. The maximum absolute atomic E-state index is 11.4. The van der Waals surface area contributed by atoms with Gasteiger partial charge in [0.25, 0.3) is 0 Å². The SMILES string of the molecule is CNC(=O)NC(=O)CN1CC(n2cc(C(=O)O)nn2)C1. The van der Waals surface area contributed by atoms with Gasteiger partial charge in [0.15, 0.2) is 5.69 Å². The number of rotatable bonds is 4. The highest BCUT2D eigenvalue weighted by Gasteiger charge is 2.31. The summed E-state index contributed by atoms with van der Waals surface area (Å²) in [6.45, 7) is 1.19. The Bertz CT molecular complexity index is 536. The van der Waals surface area contributed by atoms with E-state index in [-0.39, 0.29) is 18.3 Å². The molecular formula is C10H14N6O4. The number of aromatic nitrogens is 3. The van der Waals surface area contributed by atoms with Crippen molar-refractivity contribution in [1.82, 2.24) is 30.5 Å². The monoisotopic (exact) mass is 282 g/mol. The summed E-state index contributed by atoms with van der Waals surface area (Å²) in [7, 11) is 1.42. The Morgan fingerprint density at radius 1 is 1.45 bits per heavy atom. The highest BCUT2D eigenvalue weighted by atomic mass is 16.4. The summed E-state index contributed by atoms with van der Waals surface area (Å²) in [6, 6.07) is -0.558. The molecule has 0 aromatic carbocycles. The molecule has 2 rings (SSSR count). The van der Waals surface area contributed by atoms with Crippen LogP contribution in [0.4, 0.5) is 4.79 Å². The quantitative estimate of drug-likeness (QED) is 0.599. The van der Waals surface area contributed by atoms with E-state index in [1.807, 2.05) is 4.90 Å². The molecule has 0 aliphatic carbocycles. The van der Waals surface area contributed by atoms with Crippen LogP contribution < -0.4 is 10.6 Å². The van der Waals surface area contributed by atoms with Gasteiger partial charge in [-0.2, -0.15) is 0 Å². The fourth-order valence-electron chi connectivity index (χ4n) is 1.82. The number of nitrogens with one attached hydrogen (secondary N) is 2. The molecule has 0 bridgehead atoms. The molecule has 1 aromatic rings. The molecule has 0 unspecified atom stereocenters. The molecule has 20 heavy (non-hydrogen) atoms. The Morgan fingerprint density at radius 3 is 2.70 bits per heavy atom. The Kier molecular flexibility index (Phi) is 3.94. The molecule has 10 nitrogen and oxygen atoms in total. The number of amides is 3. The van der Waals surface area contributed by atoms with Crippen molar-refractivity contribution in [3.8, 4) is 0 Å². The smallest absolute Gasteiger partial charge is 0.358 e. The van der Waals surface area contributed by atoms with Gasteiger partial charge in [-0.3, -0.25) is 15.0 Å². The zero-order valence-electron chi connectivity index (χ0n) is 10.7. The molecule has 0 spiro atoms. The Hall–Kier alpha value is -2.49. The number of carboxylic acids is 1. The molecule has 3 amide bonds. The van der Waals surface area contributed by atoms with E-state index in [2.05, 4.69) is 20.9 Å². The number of carbonyl (C=O) groups is 3. The van der Waals surface area contributed by atoms with Crippen LogP contribution in [0.5, 0.6) is 0 Å². The van der Waals surface area contributed by atoms with E-state index in [1.165, 1.54) is 17.9 Å². The summed E-state index contributed by atoms with van der Waals surface area (Å²) in [5.41, 5.74) is -0.110. The first-order valence-corrected chi connectivity index (χ1v) is 5.88. The van der Waals surface area contributed by atoms with Crippen molar-refractivity contribution in [1.29, 1.82) is 0 Å². The molecule has 3 N–H and O–H groups in total.